The number of carbonyl (C=O) groups excluding carboxylic acids is 2. The van der Waals surface area contributed by atoms with E-state index in [0.29, 0.717) is 29.0 Å². The van der Waals surface area contributed by atoms with Crippen LogP contribution in [0.25, 0.3) is 10.9 Å². The van der Waals surface area contributed by atoms with Gasteiger partial charge in [-0.2, -0.15) is 0 Å². The Hall–Kier alpha value is -3.68. The number of amides is 1. The van der Waals surface area contributed by atoms with Crippen molar-refractivity contribution in [3.05, 3.63) is 70.3 Å². The molecule has 1 saturated carbocycles. The molecule has 2 aromatic carbocycles. The number of ether oxygens (including phenoxy) is 2. The molecule has 1 aromatic heterocycles. The van der Waals surface area contributed by atoms with Gasteiger partial charge in [0, 0.05) is 31.6 Å². The third-order valence-electron chi connectivity index (χ3n) is 5.73. The van der Waals surface area contributed by atoms with Gasteiger partial charge in [-0.1, -0.05) is 30.3 Å². The van der Waals surface area contributed by atoms with Gasteiger partial charge in [-0.25, -0.2) is 4.98 Å². The maximum Gasteiger partial charge on any atom is 0.306 e. The lowest BCUT2D eigenvalue weighted by Crippen LogP contribution is -2.31. The van der Waals surface area contributed by atoms with E-state index < -0.39 is 5.97 Å². The highest BCUT2D eigenvalue weighted by atomic mass is 16.5. The van der Waals surface area contributed by atoms with Crippen LogP contribution in [-0.4, -0.2) is 47.1 Å². The number of likely N-dealkylation sites (N-methyl/N-ethyl adjacent to an activating group) is 1. The maximum absolute atomic E-state index is 12.9. The van der Waals surface area contributed by atoms with E-state index in [9.17, 15) is 14.4 Å². The van der Waals surface area contributed by atoms with Gasteiger partial charge < -0.3 is 14.4 Å². The summed E-state index contributed by atoms with van der Waals surface area (Å²) < 4.78 is 12.2. The second kappa shape index (κ2) is 9.85. The zero-order chi connectivity index (χ0) is 23.4. The Kier molecular flexibility index (Phi) is 6.72. The summed E-state index contributed by atoms with van der Waals surface area (Å²) in [7, 11) is 3.23. The predicted octanol–water partition coefficient (Wildman–Crippen LogP) is 2.87. The highest BCUT2D eigenvalue weighted by Crippen LogP contribution is 2.34. The van der Waals surface area contributed by atoms with Crippen molar-refractivity contribution in [1.29, 1.82) is 0 Å². The monoisotopic (exact) mass is 449 g/mol. The van der Waals surface area contributed by atoms with Gasteiger partial charge in [0.25, 0.3) is 11.5 Å². The number of aryl methyl sites for hydroxylation is 1. The molecule has 0 spiro atoms. The molecule has 0 atom stereocenters. The molecule has 8 nitrogen and oxygen atoms in total. The van der Waals surface area contributed by atoms with Gasteiger partial charge in [0.15, 0.2) is 6.61 Å². The van der Waals surface area contributed by atoms with Crippen LogP contribution in [0.3, 0.4) is 0 Å². The summed E-state index contributed by atoms with van der Waals surface area (Å²) in [4.78, 5) is 43.8. The van der Waals surface area contributed by atoms with E-state index in [2.05, 4.69) is 4.98 Å². The molecule has 0 bridgehead atoms. The van der Waals surface area contributed by atoms with Crippen LogP contribution in [0.4, 0.5) is 0 Å². The summed E-state index contributed by atoms with van der Waals surface area (Å²) in [5, 5.41) is 0.583. The largest absolute Gasteiger partial charge is 0.496 e. The molecule has 0 saturated heterocycles. The number of hydrogen-bond acceptors (Lipinski definition) is 6. The zero-order valence-electron chi connectivity index (χ0n) is 18.8. The van der Waals surface area contributed by atoms with E-state index in [0.717, 1.165) is 18.4 Å². The average Bonchev–Trinajstić information content (AvgIpc) is 3.66. The quantitative estimate of drug-likeness (QED) is 0.467. The van der Waals surface area contributed by atoms with E-state index in [1.807, 2.05) is 36.4 Å². The van der Waals surface area contributed by atoms with Crippen molar-refractivity contribution in [3.8, 4) is 5.75 Å². The molecule has 4 rings (SSSR count). The first-order valence-electron chi connectivity index (χ1n) is 11.0. The second-order valence-electron chi connectivity index (χ2n) is 8.17. The number of hydrogen-bond donors (Lipinski definition) is 0. The summed E-state index contributed by atoms with van der Waals surface area (Å²) in [6, 6.07) is 14.8. The Morgan fingerprint density at radius 2 is 1.85 bits per heavy atom. The lowest BCUT2D eigenvalue weighted by Gasteiger charge is -2.18. The van der Waals surface area contributed by atoms with Crippen LogP contribution < -0.4 is 10.3 Å². The van der Waals surface area contributed by atoms with Crippen molar-refractivity contribution in [2.45, 2.75) is 38.3 Å². The van der Waals surface area contributed by atoms with Crippen LogP contribution in [0.15, 0.2) is 53.3 Å². The Morgan fingerprint density at radius 1 is 1.12 bits per heavy atom. The Bertz CT molecular complexity index is 1230. The van der Waals surface area contributed by atoms with E-state index in [4.69, 9.17) is 9.47 Å². The summed E-state index contributed by atoms with van der Waals surface area (Å²) in [5.41, 5.74) is 1.41. The highest BCUT2D eigenvalue weighted by Gasteiger charge is 2.28. The lowest BCUT2D eigenvalue weighted by atomic mass is 10.2. The first-order chi connectivity index (χ1) is 16.0. The van der Waals surface area contributed by atoms with Crippen molar-refractivity contribution in [2.24, 2.45) is 0 Å². The average molecular weight is 450 g/mol. The highest BCUT2D eigenvalue weighted by molar-refractivity contribution is 5.80. The van der Waals surface area contributed by atoms with Crippen molar-refractivity contribution in [3.63, 3.8) is 0 Å². The third kappa shape index (κ3) is 5.22. The number of para-hydroxylation sites is 2. The van der Waals surface area contributed by atoms with E-state index >= 15 is 0 Å². The second-order valence-corrected chi connectivity index (χ2v) is 8.17. The first kappa shape index (κ1) is 22.5. The molecule has 8 heteroatoms. The number of fused-ring (bicyclic) bond motifs is 1. The fourth-order valence-electron chi connectivity index (χ4n) is 3.79. The standard InChI is InChI=1S/C25H27N3O5/c1-27(15-17-7-3-6-10-21(17)32-2)23(29)16-33-24(30)14-13-22-26-20-9-5-4-8-19(20)25(31)28(22)18-11-12-18/h3-10,18H,11-16H2,1-2H3. The Morgan fingerprint density at radius 3 is 2.61 bits per heavy atom. The molecule has 0 aliphatic heterocycles. The summed E-state index contributed by atoms with van der Waals surface area (Å²) in [6.45, 7) is 0.000133. The van der Waals surface area contributed by atoms with Crippen LogP contribution in [0, 0.1) is 0 Å². The van der Waals surface area contributed by atoms with Crippen molar-refractivity contribution in [2.75, 3.05) is 20.8 Å². The van der Waals surface area contributed by atoms with Gasteiger partial charge in [-0.15, -0.1) is 0 Å². The van der Waals surface area contributed by atoms with Gasteiger partial charge in [0.2, 0.25) is 0 Å². The minimum atomic E-state index is -0.501. The Balaban J connectivity index is 1.34. The predicted molar refractivity (Wildman–Crippen MR) is 123 cm³/mol. The minimum Gasteiger partial charge on any atom is -0.496 e. The number of aromatic nitrogens is 2. The number of nitrogens with zero attached hydrogens (tertiary/aromatic N) is 3. The van der Waals surface area contributed by atoms with Gasteiger partial charge in [0.1, 0.15) is 11.6 Å². The first-order valence-corrected chi connectivity index (χ1v) is 11.0. The number of benzene rings is 2. The van der Waals surface area contributed by atoms with Crippen LogP contribution >= 0.6 is 0 Å². The van der Waals surface area contributed by atoms with E-state index in [-0.39, 0.29) is 37.0 Å². The molecule has 0 N–H and O–H groups in total. The lowest BCUT2D eigenvalue weighted by molar-refractivity contribution is -0.151. The molecule has 1 amide bonds. The van der Waals surface area contributed by atoms with Gasteiger partial charge in [-0.05, 0) is 31.0 Å². The fourth-order valence-corrected chi connectivity index (χ4v) is 3.79. The van der Waals surface area contributed by atoms with Crippen molar-refractivity contribution in [1.82, 2.24) is 14.5 Å². The molecule has 0 unspecified atom stereocenters. The minimum absolute atomic E-state index is 0.0427. The molecule has 33 heavy (non-hydrogen) atoms. The van der Waals surface area contributed by atoms with Crippen molar-refractivity contribution < 1.29 is 19.1 Å². The molecule has 3 aromatic rings. The summed E-state index contributed by atoms with van der Waals surface area (Å²) in [6.07, 6.45) is 2.19. The van der Waals surface area contributed by atoms with E-state index in [1.54, 1.807) is 30.9 Å². The number of esters is 1. The maximum atomic E-state index is 12.9. The topological polar surface area (TPSA) is 90.7 Å². The molecule has 1 fully saturated rings. The molecule has 1 aliphatic rings. The molecule has 172 valence electrons. The zero-order valence-corrected chi connectivity index (χ0v) is 18.8. The number of methoxy groups -OCH3 is 1. The normalized spacial score (nSPS) is 13.0. The molecule has 1 aliphatic carbocycles. The van der Waals surface area contributed by atoms with Crippen LogP contribution in [0.2, 0.25) is 0 Å². The van der Waals surface area contributed by atoms with Crippen LogP contribution in [0.1, 0.15) is 36.7 Å². The Labute approximate surface area is 191 Å². The number of carbonyl (C=O) groups is 2. The summed E-state index contributed by atoms with van der Waals surface area (Å²) >= 11 is 0. The molecule has 0 radical (unpaired) electrons. The fraction of sp³-hybridized carbons (Fsp3) is 0.360. The van der Waals surface area contributed by atoms with Gasteiger partial charge in [-0.3, -0.25) is 19.0 Å². The van der Waals surface area contributed by atoms with Crippen LogP contribution in [0.5, 0.6) is 5.75 Å². The van der Waals surface area contributed by atoms with Gasteiger partial charge >= 0.3 is 5.97 Å². The third-order valence-corrected chi connectivity index (χ3v) is 5.73. The smallest absolute Gasteiger partial charge is 0.306 e. The molecular weight excluding hydrogens is 422 g/mol. The SMILES string of the molecule is COc1ccccc1CN(C)C(=O)COC(=O)CCc1nc2ccccc2c(=O)n1C1CC1. The number of rotatable bonds is 9. The van der Waals surface area contributed by atoms with Crippen molar-refractivity contribution >= 4 is 22.8 Å². The molecule has 1 heterocycles. The van der Waals surface area contributed by atoms with Crippen LogP contribution in [-0.2, 0) is 27.3 Å². The summed E-state index contributed by atoms with van der Waals surface area (Å²) in [5.74, 6) is 0.461. The van der Waals surface area contributed by atoms with E-state index in [1.165, 1.54) is 4.90 Å². The van der Waals surface area contributed by atoms with Gasteiger partial charge in [0.05, 0.1) is 24.4 Å². The molecular formula is C25H27N3O5.